The summed E-state index contributed by atoms with van der Waals surface area (Å²) in [5, 5.41) is 12.5. The second-order valence-corrected chi connectivity index (χ2v) is 13.2. The Balaban J connectivity index is 1.10. The first kappa shape index (κ1) is 33.6. The minimum atomic E-state index is -0.538. The molecule has 1 aliphatic heterocycles. The number of carbonyl (C=O) groups is 2. The van der Waals surface area contributed by atoms with Gasteiger partial charge in [-0.05, 0) is 43.3 Å². The van der Waals surface area contributed by atoms with E-state index in [9.17, 15) is 9.59 Å². The molecule has 0 radical (unpaired) electrons. The summed E-state index contributed by atoms with van der Waals surface area (Å²) in [6, 6.07) is 26.4. The number of fused-ring (bicyclic) bond motifs is 1. The molecule has 0 saturated carbocycles. The number of nitrogens with one attached hydrogen (secondary N) is 2. The van der Waals surface area contributed by atoms with Gasteiger partial charge in [-0.2, -0.15) is 5.10 Å². The number of amides is 3. The SMILES string of the molecule is Cc1ccc(-n2nc(C(C)(C)C)cc2NC(=O)Nc2ccc(OCCN3CCOC(C(=O)N(C)c4ccccc4)C3)c3ccccc23)cn1. The fourth-order valence-electron chi connectivity index (χ4n) is 5.73. The van der Waals surface area contributed by atoms with E-state index >= 15 is 0 Å². The lowest BCUT2D eigenvalue weighted by Gasteiger charge is -2.34. The van der Waals surface area contributed by atoms with Crippen molar-refractivity contribution in [2.75, 3.05) is 55.4 Å². The average molecular weight is 662 g/mol. The quantitative estimate of drug-likeness (QED) is 0.188. The third-order valence-electron chi connectivity index (χ3n) is 8.56. The Labute approximate surface area is 286 Å². The summed E-state index contributed by atoms with van der Waals surface area (Å²) in [7, 11) is 1.78. The molecular weight excluding hydrogens is 618 g/mol. The number of rotatable bonds is 9. The molecule has 6 rings (SSSR count). The summed E-state index contributed by atoms with van der Waals surface area (Å²) in [6.45, 7) is 10.9. The van der Waals surface area contributed by atoms with Crippen LogP contribution in [0.3, 0.4) is 0 Å². The standard InChI is InChI=1S/C38H43N7O4/c1-26-15-16-28(24-39-26)45-35(23-34(42-45)38(2,3)4)41-37(47)40-31-17-18-32(30-14-10-9-13-29(30)31)48-21-19-44-20-22-49-33(25-44)36(46)43(5)27-11-7-6-8-12-27/h6-18,23-24,33H,19-22,25H2,1-5H3,(H2,40,41,47). The van der Waals surface area contributed by atoms with Crippen LogP contribution in [0.25, 0.3) is 16.5 Å². The molecule has 0 bridgehead atoms. The molecule has 2 N–H and O–H groups in total. The molecule has 254 valence electrons. The minimum Gasteiger partial charge on any atom is -0.492 e. The number of anilines is 3. The van der Waals surface area contributed by atoms with E-state index in [1.165, 1.54) is 0 Å². The summed E-state index contributed by atoms with van der Waals surface area (Å²) < 4.78 is 13.8. The number of carbonyl (C=O) groups excluding carboxylic acids is 2. The van der Waals surface area contributed by atoms with Crippen LogP contribution in [-0.2, 0) is 14.9 Å². The highest BCUT2D eigenvalue weighted by molar-refractivity contribution is 6.07. The van der Waals surface area contributed by atoms with E-state index in [1.807, 2.05) is 91.9 Å². The molecule has 49 heavy (non-hydrogen) atoms. The first-order valence-electron chi connectivity index (χ1n) is 16.5. The van der Waals surface area contributed by atoms with Crippen molar-refractivity contribution in [3.63, 3.8) is 0 Å². The second-order valence-electron chi connectivity index (χ2n) is 13.2. The van der Waals surface area contributed by atoms with Crippen molar-refractivity contribution in [1.29, 1.82) is 0 Å². The Hall–Kier alpha value is -5.26. The van der Waals surface area contributed by atoms with E-state index in [4.69, 9.17) is 14.6 Å². The number of likely N-dealkylation sites (N-methyl/N-ethyl adjacent to an activating group) is 1. The molecule has 1 fully saturated rings. The van der Waals surface area contributed by atoms with Crippen molar-refractivity contribution in [2.24, 2.45) is 0 Å². The van der Waals surface area contributed by atoms with E-state index in [0.717, 1.165) is 40.1 Å². The first-order valence-corrected chi connectivity index (χ1v) is 16.5. The molecule has 1 saturated heterocycles. The number of aryl methyl sites for hydroxylation is 1. The summed E-state index contributed by atoms with van der Waals surface area (Å²) in [5.74, 6) is 1.18. The lowest BCUT2D eigenvalue weighted by molar-refractivity contribution is -0.135. The summed E-state index contributed by atoms with van der Waals surface area (Å²) in [4.78, 5) is 34.8. The highest BCUT2D eigenvalue weighted by Gasteiger charge is 2.29. The number of urea groups is 1. The monoisotopic (exact) mass is 661 g/mol. The number of aromatic nitrogens is 3. The van der Waals surface area contributed by atoms with Crippen LogP contribution in [0.5, 0.6) is 5.75 Å². The van der Waals surface area contributed by atoms with Gasteiger partial charge in [-0.1, -0.05) is 63.2 Å². The van der Waals surface area contributed by atoms with Crippen molar-refractivity contribution in [1.82, 2.24) is 19.7 Å². The van der Waals surface area contributed by atoms with Gasteiger partial charge in [-0.25, -0.2) is 9.48 Å². The lowest BCUT2D eigenvalue weighted by atomic mass is 9.92. The van der Waals surface area contributed by atoms with Gasteiger partial charge in [-0.3, -0.25) is 20.0 Å². The normalized spacial score (nSPS) is 15.2. The summed E-state index contributed by atoms with van der Waals surface area (Å²) in [5.41, 5.74) is 3.75. The van der Waals surface area contributed by atoms with Crippen LogP contribution in [-0.4, -0.2) is 77.6 Å². The second kappa shape index (κ2) is 14.5. The Morgan fingerprint density at radius 1 is 0.980 bits per heavy atom. The molecule has 1 atom stereocenters. The van der Waals surface area contributed by atoms with E-state index in [1.54, 1.807) is 22.8 Å². The zero-order valence-electron chi connectivity index (χ0n) is 28.6. The van der Waals surface area contributed by atoms with Gasteiger partial charge in [0.15, 0.2) is 0 Å². The molecule has 5 aromatic rings. The van der Waals surface area contributed by atoms with Crippen LogP contribution in [0.15, 0.2) is 91.1 Å². The summed E-state index contributed by atoms with van der Waals surface area (Å²) >= 11 is 0. The van der Waals surface area contributed by atoms with Gasteiger partial charge in [-0.15, -0.1) is 0 Å². The van der Waals surface area contributed by atoms with Gasteiger partial charge < -0.3 is 19.7 Å². The fraction of sp³-hybridized carbons (Fsp3) is 0.316. The van der Waals surface area contributed by atoms with Gasteiger partial charge in [0.1, 0.15) is 24.3 Å². The molecule has 2 aromatic heterocycles. The predicted octanol–water partition coefficient (Wildman–Crippen LogP) is 6.41. The molecule has 1 unspecified atom stereocenters. The minimum absolute atomic E-state index is 0.0683. The number of pyridine rings is 1. The first-order chi connectivity index (χ1) is 23.6. The largest absolute Gasteiger partial charge is 0.492 e. The molecule has 3 heterocycles. The van der Waals surface area contributed by atoms with E-state index in [2.05, 4.69) is 41.3 Å². The van der Waals surface area contributed by atoms with Crippen LogP contribution >= 0.6 is 0 Å². The Morgan fingerprint density at radius 3 is 2.47 bits per heavy atom. The van der Waals surface area contributed by atoms with Gasteiger partial charge in [0.25, 0.3) is 5.91 Å². The molecule has 1 aliphatic rings. The van der Waals surface area contributed by atoms with Crippen molar-refractivity contribution < 1.29 is 19.1 Å². The van der Waals surface area contributed by atoms with Crippen LogP contribution < -0.4 is 20.3 Å². The van der Waals surface area contributed by atoms with Gasteiger partial charge >= 0.3 is 6.03 Å². The van der Waals surface area contributed by atoms with Crippen LogP contribution in [0.4, 0.5) is 22.0 Å². The Morgan fingerprint density at radius 2 is 1.73 bits per heavy atom. The number of morpholine rings is 1. The number of hydrogen-bond donors (Lipinski definition) is 2. The maximum atomic E-state index is 13.4. The zero-order valence-corrected chi connectivity index (χ0v) is 28.6. The number of benzene rings is 3. The van der Waals surface area contributed by atoms with Crippen molar-refractivity contribution in [2.45, 2.75) is 39.2 Å². The molecule has 11 heteroatoms. The fourth-order valence-corrected chi connectivity index (χ4v) is 5.73. The van der Waals surface area contributed by atoms with Crippen LogP contribution in [0.1, 0.15) is 32.2 Å². The molecular formula is C38H43N7O4. The predicted molar refractivity (Wildman–Crippen MR) is 193 cm³/mol. The van der Waals surface area contributed by atoms with E-state index in [0.29, 0.717) is 43.6 Å². The summed E-state index contributed by atoms with van der Waals surface area (Å²) in [6.07, 6.45) is 1.20. The topological polar surface area (TPSA) is 114 Å². The van der Waals surface area contributed by atoms with Crippen LogP contribution in [0.2, 0.25) is 0 Å². The molecule has 11 nitrogen and oxygen atoms in total. The van der Waals surface area contributed by atoms with Gasteiger partial charge in [0.2, 0.25) is 0 Å². The Kier molecular flexibility index (Phi) is 9.93. The average Bonchev–Trinajstić information content (AvgIpc) is 3.53. The third-order valence-corrected chi connectivity index (χ3v) is 8.56. The molecule has 0 spiro atoms. The van der Waals surface area contributed by atoms with Crippen LogP contribution in [0, 0.1) is 6.92 Å². The maximum absolute atomic E-state index is 13.4. The Bertz CT molecular complexity index is 1920. The molecule has 0 aliphatic carbocycles. The van der Waals surface area contributed by atoms with Crippen molar-refractivity contribution in [3.8, 4) is 11.4 Å². The number of para-hydroxylation sites is 1. The smallest absolute Gasteiger partial charge is 0.324 e. The van der Waals surface area contributed by atoms with Gasteiger partial charge in [0.05, 0.1) is 29.9 Å². The lowest BCUT2D eigenvalue weighted by Crippen LogP contribution is -2.51. The van der Waals surface area contributed by atoms with E-state index < -0.39 is 12.1 Å². The maximum Gasteiger partial charge on any atom is 0.324 e. The molecule has 3 aromatic carbocycles. The number of ether oxygens (including phenoxy) is 2. The highest BCUT2D eigenvalue weighted by Crippen LogP contribution is 2.32. The number of nitrogens with zero attached hydrogens (tertiary/aromatic N) is 5. The van der Waals surface area contributed by atoms with Crippen molar-refractivity contribution in [3.05, 3.63) is 103 Å². The van der Waals surface area contributed by atoms with Gasteiger partial charge in [0, 0.05) is 60.3 Å². The zero-order chi connectivity index (χ0) is 34.5. The number of hydrogen-bond acceptors (Lipinski definition) is 7. The molecule has 3 amide bonds. The highest BCUT2D eigenvalue weighted by atomic mass is 16.5. The third kappa shape index (κ3) is 7.90. The van der Waals surface area contributed by atoms with Crippen molar-refractivity contribution >= 4 is 39.9 Å². The van der Waals surface area contributed by atoms with E-state index in [-0.39, 0.29) is 11.3 Å².